The van der Waals surface area contributed by atoms with Gasteiger partial charge in [0.2, 0.25) is 15.7 Å². The van der Waals surface area contributed by atoms with Crippen molar-refractivity contribution in [2.24, 2.45) is 25.6 Å². The molecule has 0 radical (unpaired) electrons. The minimum atomic E-state index is -3.90. The Morgan fingerprint density at radius 3 is 2.45 bits per heavy atom. The first-order valence-electron chi connectivity index (χ1n) is 8.89. The number of sulfonamides is 1. The van der Waals surface area contributed by atoms with Gasteiger partial charge < -0.3 is 10.8 Å². The van der Waals surface area contributed by atoms with Crippen molar-refractivity contribution >= 4 is 76.7 Å². The number of anilines is 1. The summed E-state index contributed by atoms with van der Waals surface area (Å²) in [5.41, 5.74) is 7.69. The number of hydrogen-bond donors (Lipinski definition) is 3. The summed E-state index contributed by atoms with van der Waals surface area (Å²) in [4.78, 5) is 3.31. The third kappa shape index (κ3) is 4.54. The Labute approximate surface area is 195 Å². The van der Waals surface area contributed by atoms with Gasteiger partial charge in [0.1, 0.15) is 17.1 Å². The molecule has 33 heavy (non-hydrogen) atoms. The van der Waals surface area contributed by atoms with Crippen molar-refractivity contribution in [1.82, 2.24) is 8.75 Å². The van der Waals surface area contributed by atoms with E-state index in [-0.39, 0.29) is 27.7 Å². The molecule has 4 rings (SSSR count). The largest absolute Gasteiger partial charge is 0.506 e. The quantitative estimate of drug-likeness (QED) is 0.188. The van der Waals surface area contributed by atoms with Crippen molar-refractivity contribution in [2.75, 3.05) is 5.73 Å². The van der Waals surface area contributed by atoms with E-state index in [2.05, 4.69) is 34.0 Å². The third-order valence-electron chi connectivity index (χ3n) is 4.30. The average molecular weight is 500 g/mol. The average Bonchev–Trinajstić information content (AvgIpc) is 3.34. The van der Waals surface area contributed by atoms with E-state index < -0.39 is 10.0 Å². The molecular formula is C18H13N9O3S3. The van der Waals surface area contributed by atoms with Gasteiger partial charge in [0.15, 0.2) is 10.0 Å². The second kappa shape index (κ2) is 8.60. The number of phenolic OH excluding ortho intramolecular Hbond substituents is 1. The van der Waals surface area contributed by atoms with Crippen LogP contribution in [0.3, 0.4) is 0 Å². The van der Waals surface area contributed by atoms with Gasteiger partial charge >= 0.3 is 0 Å². The van der Waals surface area contributed by atoms with Crippen molar-refractivity contribution in [3.63, 3.8) is 0 Å². The zero-order valence-electron chi connectivity index (χ0n) is 16.7. The number of nitrogen functional groups attached to an aromatic ring is 1. The lowest BCUT2D eigenvalue weighted by Crippen LogP contribution is -2.11. The van der Waals surface area contributed by atoms with Gasteiger partial charge in [0.05, 0.1) is 28.4 Å². The molecule has 166 valence electrons. The van der Waals surface area contributed by atoms with E-state index in [0.717, 1.165) is 23.1 Å². The summed E-state index contributed by atoms with van der Waals surface area (Å²) >= 11 is 2.03. The van der Waals surface area contributed by atoms with Gasteiger partial charge in [-0.15, -0.1) is 20.5 Å². The SMILES string of the molecule is [C-]#[N+]c1c(C)nsc1N=Nc1cc(N=Nc2snc3ccc(S(N)(=O)=O)cc23)c(O)cc1N. The number of nitrogens with zero attached hydrogens (tertiary/aromatic N) is 7. The van der Waals surface area contributed by atoms with Crippen LogP contribution in [0.5, 0.6) is 5.75 Å². The van der Waals surface area contributed by atoms with E-state index in [1.54, 1.807) is 6.92 Å². The van der Waals surface area contributed by atoms with E-state index in [4.69, 9.17) is 17.4 Å². The molecule has 0 saturated carbocycles. The third-order valence-corrected chi connectivity index (χ3v) is 6.79. The van der Waals surface area contributed by atoms with Crippen LogP contribution in [0.4, 0.5) is 32.8 Å². The molecular weight excluding hydrogens is 486 g/mol. The molecule has 0 aliphatic rings. The lowest BCUT2D eigenvalue weighted by Gasteiger charge is -2.03. The number of aromatic hydroxyl groups is 1. The fraction of sp³-hybridized carbons (Fsp3) is 0.0556. The van der Waals surface area contributed by atoms with E-state index in [1.165, 1.54) is 30.3 Å². The Morgan fingerprint density at radius 1 is 1.03 bits per heavy atom. The zero-order chi connectivity index (χ0) is 23.8. The molecule has 0 aliphatic carbocycles. The molecule has 0 fully saturated rings. The summed E-state index contributed by atoms with van der Waals surface area (Å²) in [6, 6.07) is 6.85. The summed E-state index contributed by atoms with van der Waals surface area (Å²) in [7, 11) is -3.90. The molecule has 0 bridgehead atoms. The van der Waals surface area contributed by atoms with Crippen LogP contribution in [-0.2, 0) is 10.0 Å². The minimum absolute atomic E-state index is 0.0492. The van der Waals surface area contributed by atoms with Crippen molar-refractivity contribution in [2.45, 2.75) is 11.8 Å². The summed E-state index contributed by atoms with van der Waals surface area (Å²) in [5, 5.41) is 32.7. The molecule has 2 heterocycles. The lowest BCUT2D eigenvalue weighted by molar-refractivity contribution is 0.477. The lowest BCUT2D eigenvalue weighted by atomic mass is 10.2. The normalized spacial score (nSPS) is 12.2. The van der Waals surface area contributed by atoms with Crippen molar-refractivity contribution < 1.29 is 13.5 Å². The van der Waals surface area contributed by atoms with E-state index in [9.17, 15) is 13.5 Å². The number of phenols is 1. The maximum Gasteiger partial charge on any atom is 0.247 e. The molecule has 0 unspecified atom stereocenters. The van der Waals surface area contributed by atoms with Crippen molar-refractivity contribution in [1.29, 1.82) is 0 Å². The van der Waals surface area contributed by atoms with Crippen LogP contribution in [0.15, 0.2) is 55.7 Å². The highest BCUT2D eigenvalue weighted by molar-refractivity contribution is 7.89. The number of primary sulfonamides is 1. The molecule has 2 aromatic heterocycles. The van der Waals surface area contributed by atoms with Gasteiger partial charge in [0.25, 0.3) is 0 Å². The van der Waals surface area contributed by atoms with Crippen LogP contribution in [-0.4, -0.2) is 22.3 Å². The molecule has 0 amide bonds. The molecule has 2 aromatic carbocycles. The monoisotopic (exact) mass is 499 g/mol. The maximum atomic E-state index is 11.6. The fourth-order valence-electron chi connectivity index (χ4n) is 2.65. The Morgan fingerprint density at radius 2 is 1.73 bits per heavy atom. The summed E-state index contributed by atoms with van der Waals surface area (Å²) in [6.07, 6.45) is 0. The van der Waals surface area contributed by atoms with Crippen LogP contribution in [0.2, 0.25) is 0 Å². The Hall–Kier alpha value is -3.84. The maximum absolute atomic E-state index is 11.6. The number of benzene rings is 2. The highest BCUT2D eigenvalue weighted by Gasteiger charge is 2.14. The van der Waals surface area contributed by atoms with Gasteiger partial charge in [-0.3, -0.25) is 0 Å². The topological polar surface area (TPSA) is 186 Å². The summed E-state index contributed by atoms with van der Waals surface area (Å²) in [5.74, 6) is -0.246. The van der Waals surface area contributed by atoms with Crippen LogP contribution < -0.4 is 10.9 Å². The van der Waals surface area contributed by atoms with Crippen LogP contribution in [0.1, 0.15) is 5.69 Å². The van der Waals surface area contributed by atoms with Gasteiger partial charge in [-0.25, -0.2) is 22.8 Å². The predicted molar refractivity (Wildman–Crippen MR) is 125 cm³/mol. The number of nitrogens with two attached hydrogens (primary N) is 2. The second-order valence-electron chi connectivity index (χ2n) is 6.54. The van der Waals surface area contributed by atoms with E-state index >= 15 is 0 Å². The van der Waals surface area contributed by atoms with Crippen LogP contribution in [0, 0.1) is 13.5 Å². The van der Waals surface area contributed by atoms with Gasteiger partial charge in [0, 0.05) is 11.5 Å². The number of hydrogen-bond acceptors (Lipinski definition) is 12. The highest BCUT2D eigenvalue weighted by atomic mass is 32.2. The highest BCUT2D eigenvalue weighted by Crippen LogP contribution is 2.41. The smallest absolute Gasteiger partial charge is 0.247 e. The number of fused-ring (bicyclic) bond motifs is 1. The van der Waals surface area contributed by atoms with Crippen LogP contribution in [0.25, 0.3) is 15.7 Å². The van der Waals surface area contributed by atoms with Crippen molar-refractivity contribution in [3.05, 3.63) is 47.4 Å². The Balaban J connectivity index is 1.69. The first-order valence-corrected chi connectivity index (χ1v) is 12.0. The Kier molecular flexibility index (Phi) is 5.82. The molecule has 0 aliphatic heterocycles. The fourth-order valence-corrected chi connectivity index (χ4v) is 4.54. The van der Waals surface area contributed by atoms with Gasteiger partial charge in [-0.05, 0) is 54.3 Å². The molecule has 15 heteroatoms. The number of aromatic nitrogens is 2. The van der Waals surface area contributed by atoms with Crippen LogP contribution >= 0.6 is 23.1 Å². The summed E-state index contributed by atoms with van der Waals surface area (Å²) in [6.45, 7) is 8.92. The molecule has 4 aromatic rings. The number of azo groups is 2. The summed E-state index contributed by atoms with van der Waals surface area (Å²) < 4.78 is 31.5. The predicted octanol–water partition coefficient (Wildman–Crippen LogP) is 5.38. The van der Waals surface area contributed by atoms with E-state index in [1.807, 2.05) is 0 Å². The molecule has 5 N–H and O–H groups in total. The Bertz CT molecular complexity index is 1600. The van der Waals surface area contributed by atoms with Gasteiger partial charge in [-0.2, -0.15) is 4.37 Å². The molecule has 0 saturated heterocycles. The van der Waals surface area contributed by atoms with Crippen molar-refractivity contribution in [3.8, 4) is 5.75 Å². The first-order chi connectivity index (χ1) is 15.7. The molecule has 0 atom stereocenters. The van der Waals surface area contributed by atoms with Gasteiger partial charge in [-0.1, -0.05) is 0 Å². The standard InChI is InChI=1S/C18H13N9O3S3/c1-8-16(21-2)18(32-26-8)25-22-13-7-14(15(28)6-11(13)19)23-24-17-10-5-9(33(20,29)30)3-4-12(10)27-31-17/h3-7,28H,19H2,1H3,(H2,20,29,30). The van der Waals surface area contributed by atoms with E-state index in [0.29, 0.717) is 32.3 Å². The zero-order valence-corrected chi connectivity index (χ0v) is 19.1. The first kappa shape index (κ1) is 22.4. The molecule has 12 nitrogen and oxygen atoms in total. The number of aryl methyl sites for hydroxylation is 1. The minimum Gasteiger partial charge on any atom is -0.506 e. The number of rotatable bonds is 5. The second-order valence-corrected chi connectivity index (χ2v) is 9.61. The molecule has 0 spiro atoms.